The van der Waals surface area contributed by atoms with Crippen molar-refractivity contribution in [2.75, 3.05) is 0 Å². The van der Waals surface area contributed by atoms with Gasteiger partial charge in [-0.3, -0.25) is 0 Å². The number of hydrogen-bond acceptors (Lipinski definition) is 3. The van der Waals surface area contributed by atoms with Crippen molar-refractivity contribution in [3.05, 3.63) is 51.7 Å². The minimum absolute atomic E-state index is 0.327. The van der Waals surface area contributed by atoms with Crippen molar-refractivity contribution in [2.45, 2.75) is 71.3 Å². The number of fused-ring (bicyclic) bond motifs is 1. The van der Waals surface area contributed by atoms with Crippen LogP contribution in [-0.2, 0) is 0 Å². The van der Waals surface area contributed by atoms with Crippen LogP contribution in [0.15, 0.2) is 35.7 Å². The molecule has 0 saturated carbocycles. The van der Waals surface area contributed by atoms with Gasteiger partial charge < -0.3 is 9.84 Å². The first-order valence-electron chi connectivity index (χ1n) is 9.74. The van der Waals surface area contributed by atoms with E-state index in [2.05, 4.69) is 51.3 Å². The molecule has 0 amide bonds. The Balaban J connectivity index is 1.92. The van der Waals surface area contributed by atoms with E-state index in [0.29, 0.717) is 11.7 Å². The second kappa shape index (κ2) is 7.87. The average Bonchev–Trinajstić information content (AvgIpc) is 3.11. The number of phenolic OH excluding ortho intramolecular Hbond substituents is 1. The van der Waals surface area contributed by atoms with Crippen molar-refractivity contribution in [2.24, 2.45) is 0 Å². The summed E-state index contributed by atoms with van der Waals surface area (Å²) in [5, 5.41) is 12.9. The molecule has 1 atom stereocenters. The number of unbranched alkanes of at least 4 members (excludes halogenated alkanes) is 3. The first-order valence-corrected chi connectivity index (χ1v) is 10.6. The van der Waals surface area contributed by atoms with Crippen molar-refractivity contribution in [1.29, 1.82) is 0 Å². The second-order valence-corrected chi connectivity index (χ2v) is 8.85. The molecule has 3 rings (SSSR count). The predicted molar refractivity (Wildman–Crippen MR) is 111 cm³/mol. The lowest BCUT2D eigenvalue weighted by Gasteiger charge is -2.32. The van der Waals surface area contributed by atoms with Crippen LogP contribution in [0.25, 0.3) is 5.57 Å². The fraction of sp³-hybridized carbons (Fsp3) is 0.478. The van der Waals surface area contributed by atoms with Crippen molar-refractivity contribution in [3.63, 3.8) is 0 Å². The summed E-state index contributed by atoms with van der Waals surface area (Å²) in [6.07, 6.45) is 8.35. The summed E-state index contributed by atoms with van der Waals surface area (Å²) in [7, 11) is 0. The molecule has 26 heavy (non-hydrogen) atoms. The molecule has 0 spiro atoms. The maximum absolute atomic E-state index is 10.8. The maximum Gasteiger partial charge on any atom is 0.132 e. The van der Waals surface area contributed by atoms with Gasteiger partial charge in [-0.15, -0.1) is 11.3 Å². The summed E-state index contributed by atoms with van der Waals surface area (Å²) in [4.78, 5) is 1.17. The molecule has 1 aromatic heterocycles. The number of aromatic hydroxyl groups is 1. The van der Waals surface area contributed by atoms with E-state index in [4.69, 9.17) is 4.74 Å². The van der Waals surface area contributed by atoms with Gasteiger partial charge in [0.2, 0.25) is 0 Å². The lowest BCUT2D eigenvalue weighted by Crippen LogP contribution is -2.29. The van der Waals surface area contributed by atoms with E-state index >= 15 is 0 Å². The van der Waals surface area contributed by atoms with Crippen molar-refractivity contribution in [1.82, 2.24) is 0 Å². The topological polar surface area (TPSA) is 29.5 Å². The molecule has 0 saturated heterocycles. The Hall–Kier alpha value is -1.74. The first-order chi connectivity index (χ1) is 12.4. The largest absolute Gasteiger partial charge is 0.507 e. The molecule has 1 aliphatic heterocycles. The zero-order valence-corrected chi connectivity index (χ0v) is 17.2. The molecule has 1 unspecified atom stereocenters. The van der Waals surface area contributed by atoms with E-state index in [0.717, 1.165) is 23.3 Å². The van der Waals surface area contributed by atoms with Gasteiger partial charge in [0.05, 0.1) is 5.56 Å². The summed E-state index contributed by atoms with van der Waals surface area (Å²) in [6.45, 7) is 8.63. The highest BCUT2D eigenvalue weighted by atomic mass is 32.1. The molecule has 0 radical (unpaired) electrons. The third-order valence-corrected chi connectivity index (χ3v) is 5.99. The molecule has 3 heteroatoms. The monoisotopic (exact) mass is 370 g/mol. The van der Waals surface area contributed by atoms with E-state index in [1.165, 1.54) is 36.1 Å². The van der Waals surface area contributed by atoms with Gasteiger partial charge in [-0.05, 0) is 61.4 Å². The number of ether oxygens (including phenoxy) is 1. The lowest BCUT2D eigenvalue weighted by atomic mass is 9.88. The highest BCUT2D eigenvalue weighted by Gasteiger charge is 2.30. The van der Waals surface area contributed by atoms with Gasteiger partial charge in [0.1, 0.15) is 17.1 Å². The number of rotatable bonds is 7. The van der Waals surface area contributed by atoms with Crippen LogP contribution < -0.4 is 4.74 Å². The van der Waals surface area contributed by atoms with E-state index in [1.807, 2.05) is 12.1 Å². The zero-order chi connectivity index (χ0) is 18.7. The molecular weight excluding hydrogens is 340 g/mol. The van der Waals surface area contributed by atoms with E-state index in [-0.39, 0.29) is 5.60 Å². The third-order valence-electron chi connectivity index (χ3n) is 5.08. The minimum Gasteiger partial charge on any atom is -0.507 e. The van der Waals surface area contributed by atoms with Gasteiger partial charge in [0.15, 0.2) is 0 Å². The molecule has 0 aliphatic carbocycles. The van der Waals surface area contributed by atoms with Crippen LogP contribution >= 0.6 is 11.3 Å². The Kier molecular flexibility index (Phi) is 5.76. The van der Waals surface area contributed by atoms with Gasteiger partial charge in [-0.25, -0.2) is 0 Å². The molecule has 0 bridgehead atoms. The molecular formula is C23H30O2S. The van der Waals surface area contributed by atoms with Gasteiger partial charge in [-0.2, -0.15) is 0 Å². The van der Waals surface area contributed by atoms with Crippen LogP contribution in [0.3, 0.4) is 0 Å². The summed E-state index contributed by atoms with van der Waals surface area (Å²) < 4.78 is 6.23. The van der Waals surface area contributed by atoms with Crippen LogP contribution in [0, 0.1) is 0 Å². The van der Waals surface area contributed by atoms with Gasteiger partial charge in [-0.1, -0.05) is 45.6 Å². The molecule has 0 fully saturated rings. The Bertz CT molecular complexity index is 772. The summed E-state index contributed by atoms with van der Waals surface area (Å²) in [5.41, 5.74) is 2.68. The Morgan fingerprint density at radius 3 is 2.69 bits per heavy atom. The summed E-state index contributed by atoms with van der Waals surface area (Å²) in [6, 6.07) is 8.23. The van der Waals surface area contributed by atoms with Crippen LogP contribution in [0.1, 0.15) is 81.7 Å². The Morgan fingerprint density at radius 2 is 2.00 bits per heavy atom. The number of hydrogen-bond donors (Lipinski definition) is 1. The van der Waals surface area contributed by atoms with Crippen molar-refractivity contribution >= 4 is 16.9 Å². The number of benzene rings is 1. The maximum atomic E-state index is 10.8. The fourth-order valence-corrected chi connectivity index (χ4v) is 4.41. The number of phenols is 1. The predicted octanol–water partition coefficient (Wildman–Crippen LogP) is 7.13. The Morgan fingerprint density at radius 1 is 1.19 bits per heavy atom. The van der Waals surface area contributed by atoms with Crippen molar-refractivity contribution < 1.29 is 9.84 Å². The zero-order valence-electron chi connectivity index (χ0n) is 16.3. The van der Waals surface area contributed by atoms with Gasteiger partial charge in [0, 0.05) is 10.5 Å². The highest BCUT2D eigenvalue weighted by molar-refractivity contribution is 7.11. The number of thiophene rings is 1. The van der Waals surface area contributed by atoms with Gasteiger partial charge >= 0.3 is 0 Å². The minimum atomic E-state index is -0.387. The lowest BCUT2D eigenvalue weighted by molar-refractivity contribution is 0.157. The standard InChI is InChI=1S/C23H30O2S/c1-5-6-7-8-10-16(2)17-13-19(24)22-18(21-11-9-12-26-21)15-23(3,4)25-20(22)14-17/h9,11-16,24H,5-8,10H2,1-4H3. The SMILES string of the molecule is CCCCCCC(C)c1cc(O)c2c(c1)OC(C)(C)C=C2c1cccs1. The van der Waals surface area contributed by atoms with Crippen LogP contribution in [0.2, 0.25) is 0 Å². The normalized spacial score (nSPS) is 16.5. The van der Waals surface area contributed by atoms with Gasteiger partial charge in [0.25, 0.3) is 0 Å². The Labute approximate surface area is 161 Å². The molecule has 2 aromatic rings. The average molecular weight is 371 g/mol. The molecule has 2 nitrogen and oxygen atoms in total. The third kappa shape index (κ3) is 4.15. The summed E-state index contributed by atoms with van der Waals surface area (Å²) in [5.74, 6) is 1.55. The van der Waals surface area contributed by atoms with E-state index in [9.17, 15) is 5.11 Å². The quantitative estimate of drug-likeness (QED) is 0.525. The highest BCUT2D eigenvalue weighted by Crippen LogP contribution is 2.46. The molecule has 1 aliphatic rings. The van der Waals surface area contributed by atoms with Crippen LogP contribution in [-0.4, -0.2) is 10.7 Å². The van der Waals surface area contributed by atoms with Crippen molar-refractivity contribution in [3.8, 4) is 11.5 Å². The van der Waals surface area contributed by atoms with E-state index in [1.54, 1.807) is 11.3 Å². The smallest absolute Gasteiger partial charge is 0.132 e. The van der Waals surface area contributed by atoms with Crippen LogP contribution in [0.5, 0.6) is 11.5 Å². The molecule has 1 N–H and O–H groups in total. The first kappa shape index (κ1) is 19.0. The second-order valence-electron chi connectivity index (χ2n) is 7.90. The molecule has 140 valence electrons. The van der Waals surface area contributed by atoms with Crippen LogP contribution in [0.4, 0.5) is 0 Å². The van der Waals surface area contributed by atoms with E-state index < -0.39 is 0 Å². The fourth-order valence-electron chi connectivity index (χ4n) is 3.66. The molecule has 1 aromatic carbocycles. The molecule has 2 heterocycles. The summed E-state index contributed by atoms with van der Waals surface area (Å²) >= 11 is 1.69.